The first kappa shape index (κ1) is 8.58. The van der Waals surface area contributed by atoms with Crippen LogP contribution in [0.3, 0.4) is 0 Å². The molecule has 0 aromatic rings. The molecule has 0 radical (unpaired) electrons. The van der Waals surface area contributed by atoms with E-state index in [1.165, 1.54) is 6.08 Å². The van der Waals surface area contributed by atoms with Gasteiger partial charge in [-0.3, -0.25) is 4.79 Å². The summed E-state index contributed by atoms with van der Waals surface area (Å²) in [7, 11) is 0. The number of alkyl carbamates (subject to hydrolysis) is 1. The Morgan fingerprint density at radius 2 is 2.67 bits per heavy atom. The van der Waals surface area contributed by atoms with Crippen molar-refractivity contribution in [3.63, 3.8) is 0 Å². The van der Waals surface area contributed by atoms with Crippen molar-refractivity contribution in [3.05, 3.63) is 12.7 Å². The second-order valence-electron chi connectivity index (χ2n) is 2.36. The Hall–Kier alpha value is -1.52. The van der Waals surface area contributed by atoms with Gasteiger partial charge in [-0.15, -0.1) is 0 Å². The highest BCUT2D eigenvalue weighted by atomic mass is 16.6. The molecule has 1 aliphatic rings. The minimum Gasteiger partial charge on any atom is -0.442 e. The molecular weight excluding hydrogens is 160 g/mol. The SMILES string of the molecule is C=CC(=O)NC[C@H]1CNC(=O)O1. The monoisotopic (exact) mass is 170 g/mol. The van der Waals surface area contributed by atoms with Crippen molar-refractivity contribution in [2.75, 3.05) is 13.1 Å². The Labute approximate surface area is 69.8 Å². The second-order valence-corrected chi connectivity index (χ2v) is 2.36. The Morgan fingerprint density at radius 3 is 3.17 bits per heavy atom. The molecule has 0 aliphatic carbocycles. The van der Waals surface area contributed by atoms with Gasteiger partial charge in [0.05, 0.1) is 13.1 Å². The van der Waals surface area contributed by atoms with E-state index in [2.05, 4.69) is 17.2 Å². The van der Waals surface area contributed by atoms with Gasteiger partial charge in [-0.25, -0.2) is 4.79 Å². The number of rotatable bonds is 3. The lowest BCUT2D eigenvalue weighted by atomic mass is 10.3. The Balaban J connectivity index is 2.20. The van der Waals surface area contributed by atoms with Crippen molar-refractivity contribution < 1.29 is 14.3 Å². The molecule has 1 aliphatic heterocycles. The van der Waals surface area contributed by atoms with Crippen molar-refractivity contribution in [2.45, 2.75) is 6.10 Å². The Bertz CT molecular complexity index is 215. The predicted molar refractivity (Wildman–Crippen MR) is 41.5 cm³/mol. The van der Waals surface area contributed by atoms with Crippen molar-refractivity contribution in [1.29, 1.82) is 0 Å². The highest BCUT2D eigenvalue weighted by Gasteiger charge is 2.21. The van der Waals surface area contributed by atoms with E-state index in [4.69, 9.17) is 4.74 Å². The zero-order valence-corrected chi connectivity index (χ0v) is 6.50. The van der Waals surface area contributed by atoms with E-state index in [0.29, 0.717) is 13.1 Å². The highest BCUT2D eigenvalue weighted by Crippen LogP contribution is 1.97. The Kier molecular flexibility index (Phi) is 2.68. The molecule has 0 bridgehead atoms. The number of amides is 2. The lowest BCUT2D eigenvalue weighted by Crippen LogP contribution is -2.32. The number of ether oxygens (including phenoxy) is 1. The van der Waals surface area contributed by atoms with E-state index >= 15 is 0 Å². The first-order chi connectivity index (χ1) is 5.72. The van der Waals surface area contributed by atoms with Gasteiger partial charge in [-0.1, -0.05) is 6.58 Å². The van der Waals surface area contributed by atoms with Gasteiger partial charge in [0, 0.05) is 0 Å². The molecule has 1 heterocycles. The standard InChI is InChI=1S/C7H10N2O3/c1-2-6(10)8-3-5-4-9-7(11)12-5/h2,5H,1,3-4H2,(H,8,10)(H,9,11)/t5-/m0/s1. The van der Waals surface area contributed by atoms with Crippen LogP contribution in [0.4, 0.5) is 4.79 Å². The summed E-state index contributed by atoms with van der Waals surface area (Å²) in [6, 6.07) is 0. The van der Waals surface area contributed by atoms with Crippen LogP contribution in [-0.4, -0.2) is 31.2 Å². The number of hydrogen-bond acceptors (Lipinski definition) is 3. The fourth-order valence-corrected chi connectivity index (χ4v) is 0.832. The van der Waals surface area contributed by atoms with Crippen LogP contribution in [0.25, 0.3) is 0 Å². The largest absolute Gasteiger partial charge is 0.442 e. The van der Waals surface area contributed by atoms with Gasteiger partial charge in [0.1, 0.15) is 6.10 Å². The van der Waals surface area contributed by atoms with Crippen LogP contribution in [0.5, 0.6) is 0 Å². The van der Waals surface area contributed by atoms with E-state index in [1.807, 2.05) is 0 Å². The van der Waals surface area contributed by atoms with Crippen molar-refractivity contribution >= 4 is 12.0 Å². The number of cyclic esters (lactones) is 1. The third-order valence-corrected chi connectivity index (χ3v) is 1.44. The smallest absolute Gasteiger partial charge is 0.407 e. The zero-order chi connectivity index (χ0) is 8.97. The van der Waals surface area contributed by atoms with Gasteiger partial charge in [-0.05, 0) is 6.08 Å². The molecule has 1 saturated heterocycles. The molecule has 0 unspecified atom stereocenters. The number of carbonyl (C=O) groups is 2. The molecule has 66 valence electrons. The lowest BCUT2D eigenvalue weighted by Gasteiger charge is -2.06. The lowest BCUT2D eigenvalue weighted by molar-refractivity contribution is -0.116. The average Bonchev–Trinajstić information content (AvgIpc) is 2.47. The molecule has 1 rings (SSSR count). The van der Waals surface area contributed by atoms with E-state index in [9.17, 15) is 9.59 Å². The minimum absolute atomic E-state index is 0.263. The van der Waals surface area contributed by atoms with Crippen LogP contribution in [0.1, 0.15) is 0 Å². The Morgan fingerprint density at radius 1 is 1.92 bits per heavy atom. The van der Waals surface area contributed by atoms with Crippen LogP contribution in [0, 0.1) is 0 Å². The number of hydrogen-bond donors (Lipinski definition) is 2. The third kappa shape index (κ3) is 2.26. The van der Waals surface area contributed by atoms with E-state index in [1.54, 1.807) is 0 Å². The summed E-state index contributed by atoms with van der Waals surface area (Å²) in [5, 5.41) is 4.99. The van der Waals surface area contributed by atoms with Crippen LogP contribution in [-0.2, 0) is 9.53 Å². The molecule has 0 saturated carbocycles. The van der Waals surface area contributed by atoms with Gasteiger partial charge in [-0.2, -0.15) is 0 Å². The van der Waals surface area contributed by atoms with Gasteiger partial charge in [0.15, 0.2) is 0 Å². The minimum atomic E-state index is -0.437. The maximum Gasteiger partial charge on any atom is 0.407 e. The van der Waals surface area contributed by atoms with Gasteiger partial charge >= 0.3 is 6.09 Å². The molecule has 5 heteroatoms. The summed E-state index contributed by atoms with van der Waals surface area (Å²) in [6.45, 7) is 4.05. The number of carbonyl (C=O) groups excluding carboxylic acids is 2. The maximum atomic E-state index is 10.7. The summed E-state index contributed by atoms with van der Waals surface area (Å²) < 4.78 is 4.76. The molecule has 0 aromatic heterocycles. The van der Waals surface area contributed by atoms with Crippen LogP contribution < -0.4 is 10.6 Å². The first-order valence-corrected chi connectivity index (χ1v) is 3.57. The molecule has 2 N–H and O–H groups in total. The molecule has 0 aromatic carbocycles. The zero-order valence-electron chi connectivity index (χ0n) is 6.50. The highest BCUT2D eigenvalue weighted by molar-refractivity contribution is 5.86. The van der Waals surface area contributed by atoms with Crippen LogP contribution in [0.2, 0.25) is 0 Å². The maximum absolute atomic E-state index is 10.7. The van der Waals surface area contributed by atoms with Crippen molar-refractivity contribution in [2.24, 2.45) is 0 Å². The fraction of sp³-hybridized carbons (Fsp3) is 0.429. The number of nitrogens with one attached hydrogen (secondary N) is 2. The molecule has 2 amide bonds. The summed E-state index contributed by atoms with van der Waals surface area (Å²) in [5.41, 5.74) is 0. The van der Waals surface area contributed by atoms with Gasteiger partial charge in [0.2, 0.25) is 5.91 Å². The quantitative estimate of drug-likeness (QED) is 0.555. The molecule has 0 spiro atoms. The first-order valence-electron chi connectivity index (χ1n) is 3.57. The van der Waals surface area contributed by atoms with E-state index < -0.39 is 6.09 Å². The van der Waals surface area contributed by atoms with Gasteiger partial charge in [0.25, 0.3) is 0 Å². The summed E-state index contributed by atoms with van der Waals surface area (Å²) in [4.78, 5) is 21.2. The van der Waals surface area contributed by atoms with Crippen molar-refractivity contribution in [3.8, 4) is 0 Å². The fourth-order valence-electron chi connectivity index (χ4n) is 0.832. The van der Waals surface area contributed by atoms with Crippen LogP contribution in [0.15, 0.2) is 12.7 Å². The second kappa shape index (κ2) is 3.75. The molecule has 1 atom stereocenters. The predicted octanol–water partition coefficient (Wildman–Crippen LogP) is -0.603. The average molecular weight is 170 g/mol. The summed E-state index contributed by atoms with van der Waals surface area (Å²) >= 11 is 0. The molecule has 1 fully saturated rings. The molecule has 5 nitrogen and oxygen atoms in total. The summed E-state index contributed by atoms with van der Waals surface area (Å²) in [5.74, 6) is -0.266. The third-order valence-electron chi connectivity index (χ3n) is 1.44. The van der Waals surface area contributed by atoms with Crippen molar-refractivity contribution in [1.82, 2.24) is 10.6 Å². The topological polar surface area (TPSA) is 67.4 Å². The van der Waals surface area contributed by atoms with E-state index in [0.717, 1.165) is 0 Å². The summed E-state index contributed by atoms with van der Waals surface area (Å²) in [6.07, 6.45) is 0.471. The van der Waals surface area contributed by atoms with E-state index in [-0.39, 0.29) is 12.0 Å². The molecular formula is C7H10N2O3. The normalized spacial score (nSPS) is 21.0. The van der Waals surface area contributed by atoms with Crippen LogP contribution >= 0.6 is 0 Å². The van der Waals surface area contributed by atoms with Gasteiger partial charge < -0.3 is 15.4 Å². The molecule has 12 heavy (non-hydrogen) atoms.